The Hall–Kier alpha value is -0.840. The van der Waals surface area contributed by atoms with Crippen LogP contribution in [0.4, 0.5) is 13.2 Å². The minimum Gasteiger partial charge on any atom is -0.406 e. The molecule has 0 bridgehead atoms. The van der Waals surface area contributed by atoms with E-state index in [9.17, 15) is 13.2 Å². The lowest BCUT2D eigenvalue weighted by Crippen LogP contribution is -2.16. The minimum absolute atomic E-state index is 0.210. The lowest BCUT2D eigenvalue weighted by molar-refractivity contribution is -0.274. The fraction of sp³-hybridized carbons (Fsp3) is 0.400. The van der Waals surface area contributed by atoms with Crippen molar-refractivity contribution in [3.63, 3.8) is 0 Å². The van der Waals surface area contributed by atoms with E-state index in [2.05, 4.69) is 17.4 Å². The second kappa shape index (κ2) is 6.61. The van der Waals surface area contributed by atoms with Crippen molar-refractivity contribution in [3.8, 4) is 5.75 Å². The Balaban J connectivity index is 0.000000921. The SMILES string of the molecule is CC.FC(F)(F)Oc1ccc(CS)cc1. The van der Waals surface area contributed by atoms with Gasteiger partial charge in [-0.15, -0.1) is 13.2 Å². The molecule has 0 spiro atoms. The van der Waals surface area contributed by atoms with Crippen molar-refractivity contribution in [2.45, 2.75) is 26.0 Å². The third-order valence-electron chi connectivity index (χ3n) is 1.34. The largest absolute Gasteiger partial charge is 0.573 e. The van der Waals surface area contributed by atoms with Gasteiger partial charge in [-0.2, -0.15) is 12.6 Å². The average molecular weight is 238 g/mol. The van der Waals surface area contributed by atoms with Crippen molar-refractivity contribution in [2.75, 3.05) is 0 Å². The maximum atomic E-state index is 11.7. The molecule has 0 saturated carbocycles. The van der Waals surface area contributed by atoms with Crippen molar-refractivity contribution in [2.24, 2.45) is 0 Å². The molecule has 0 heterocycles. The molecule has 0 saturated heterocycles. The molecule has 0 N–H and O–H groups in total. The molecule has 1 nitrogen and oxygen atoms in total. The maximum absolute atomic E-state index is 11.7. The predicted octanol–water partition coefficient (Wildman–Crippen LogP) is 4.04. The Morgan fingerprint density at radius 3 is 1.93 bits per heavy atom. The molecule has 0 fully saturated rings. The summed E-state index contributed by atoms with van der Waals surface area (Å²) in [5, 5.41) is 0. The number of ether oxygens (including phenoxy) is 1. The Labute approximate surface area is 92.7 Å². The van der Waals surface area contributed by atoms with Crippen LogP contribution in [0.5, 0.6) is 5.75 Å². The molecule has 0 aliphatic heterocycles. The monoisotopic (exact) mass is 238 g/mol. The Morgan fingerprint density at radius 2 is 1.60 bits per heavy atom. The van der Waals surface area contributed by atoms with E-state index >= 15 is 0 Å². The molecule has 0 amide bonds. The summed E-state index contributed by atoms with van der Waals surface area (Å²) in [5.74, 6) is 0.282. The molecule has 0 unspecified atom stereocenters. The number of benzene rings is 1. The number of thiol groups is 1. The Bertz CT molecular complexity index is 269. The summed E-state index contributed by atoms with van der Waals surface area (Å²) in [6.45, 7) is 4.00. The number of hydrogen-bond acceptors (Lipinski definition) is 2. The first-order valence-corrected chi connectivity index (χ1v) is 5.10. The minimum atomic E-state index is -4.62. The molecular weight excluding hydrogens is 225 g/mol. The van der Waals surface area contributed by atoms with Gasteiger partial charge in [0.05, 0.1) is 0 Å². The summed E-state index contributed by atoms with van der Waals surface area (Å²) in [4.78, 5) is 0. The molecule has 0 aliphatic carbocycles. The molecule has 5 heteroatoms. The van der Waals surface area contributed by atoms with Crippen LogP contribution < -0.4 is 4.74 Å². The van der Waals surface area contributed by atoms with Gasteiger partial charge in [0, 0.05) is 5.75 Å². The van der Waals surface area contributed by atoms with E-state index in [1.165, 1.54) is 24.3 Å². The van der Waals surface area contributed by atoms with Crippen molar-refractivity contribution >= 4 is 12.6 Å². The number of rotatable bonds is 2. The predicted molar refractivity (Wildman–Crippen MR) is 57.2 cm³/mol. The summed E-state index contributed by atoms with van der Waals surface area (Å²) in [6.07, 6.45) is -4.62. The van der Waals surface area contributed by atoms with E-state index in [1.54, 1.807) is 0 Å². The Kier molecular flexibility index (Phi) is 6.24. The normalized spacial score (nSPS) is 10.3. The van der Waals surface area contributed by atoms with Crippen LogP contribution in [0.15, 0.2) is 24.3 Å². The lowest BCUT2D eigenvalue weighted by atomic mass is 10.2. The molecule has 86 valence electrons. The average Bonchev–Trinajstić information content (AvgIpc) is 2.20. The summed E-state index contributed by atoms with van der Waals surface area (Å²) in [5.41, 5.74) is 0.845. The van der Waals surface area contributed by atoms with Crippen LogP contribution in [0, 0.1) is 0 Å². The zero-order valence-corrected chi connectivity index (χ0v) is 9.40. The first kappa shape index (κ1) is 14.2. The molecule has 1 rings (SSSR count). The summed E-state index contributed by atoms with van der Waals surface area (Å²) in [6, 6.07) is 5.60. The van der Waals surface area contributed by atoms with E-state index in [-0.39, 0.29) is 5.75 Å². The first-order valence-electron chi connectivity index (χ1n) is 4.47. The van der Waals surface area contributed by atoms with E-state index < -0.39 is 6.36 Å². The molecule has 0 atom stereocenters. The fourth-order valence-corrected chi connectivity index (χ4v) is 1.01. The topological polar surface area (TPSA) is 9.23 Å². The lowest BCUT2D eigenvalue weighted by Gasteiger charge is -2.08. The first-order chi connectivity index (χ1) is 7.01. The molecular formula is C10H13F3OS. The standard InChI is InChI=1S/C8H7F3OS.C2H6/c9-8(10,11)12-7-3-1-6(5-13)2-4-7;1-2/h1-4,13H,5H2;1-2H3. The number of halogens is 3. The second-order valence-electron chi connectivity index (χ2n) is 2.35. The van der Waals surface area contributed by atoms with Crippen molar-refractivity contribution < 1.29 is 17.9 Å². The van der Waals surface area contributed by atoms with Crippen LogP contribution in [-0.4, -0.2) is 6.36 Å². The highest BCUT2D eigenvalue weighted by Crippen LogP contribution is 2.22. The zero-order chi connectivity index (χ0) is 11.9. The zero-order valence-electron chi connectivity index (χ0n) is 8.51. The third-order valence-corrected chi connectivity index (χ3v) is 1.70. The summed E-state index contributed by atoms with van der Waals surface area (Å²) >= 11 is 3.97. The van der Waals surface area contributed by atoms with Gasteiger partial charge in [0.1, 0.15) is 5.75 Å². The highest BCUT2D eigenvalue weighted by Gasteiger charge is 2.30. The number of alkyl halides is 3. The smallest absolute Gasteiger partial charge is 0.406 e. The van der Waals surface area contributed by atoms with Crippen LogP contribution >= 0.6 is 12.6 Å². The highest BCUT2D eigenvalue weighted by molar-refractivity contribution is 7.79. The van der Waals surface area contributed by atoms with Crippen molar-refractivity contribution in [1.82, 2.24) is 0 Å². The summed E-state index contributed by atoms with van der Waals surface area (Å²) < 4.78 is 38.7. The summed E-state index contributed by atoms with van der Waals surface area (Å²) in [7, 11) is 0. The van der Waals surface area contributed by atoms with Gasteiger partial charge in [-0.3, -0.25) is 0 Å². The van der Waals surface area contributed by atoms with Crippen LogP contribution in [0.1, 0.15) is 19.4 Å². The molecule has 1 aromatic rings. The van der Waals surface area contributed by atoms with Crippen molar-refractivity contribution in [1.29, 1.82) is 0 Å². The van der Waals surface area contributed by atoms with Gasteiger partial charge < -0.3 is 4.74 Å². The molecule has 0 aliphatic rings. The quantitative estimate of drug-likeness (QED) is 0.765. The van der Waals surface area contributed by atoms with Gasteiger partial charge in [0.25, 0.3) is 0 Å². The number of hydrogen-bond donors (Lipinski definition) is 1. The van der Waals surface area contributed by atoms with Gasteiger partial charge in [-0.25, -0.2) is 0 Å². The Morgan fingerprint density at radius 1 is 1.13 bits per heavy atom. The van der Waals surface area contributed by atoms with E-state index in [0.29, 0.717) is 5.75 Å². The second-order valence-corrected chi connectivity index (χ2v) is 2.67. The molecule has 1 aromatic carbocycles. The van der Waals surface area contributed by atoms with Gasteiger partial charge in [0.2, 0.25) is 0 Å². The fourth-order valence-electron chi connectivity index (χ4n) is 0.797. The van der Waals surface area contributed by atoms with Crippen LogP contribution in [0.3, 0.4) is 0 Å². The van der Waals surface area contributed by atoms with Crippen LogP contribution in [-0.2, 0) is 5.75 Å². The molecule has 15 heavy (non-hydrogen) atoms. The van der Waals surface area contributed by atoms with Gasteiger partial charge in [-0.05, 0) is 17.7 Å². The maximum Gasteiger partial charge on any atom is 0.573 e. The van der Waals surface area contributed by atoms with Crippen LogP contribution in [0.2, 0.25) is 0 Å². The van der Waals surface area contributed by atoms with Gasteiger partial charge >= 0.3 is 6.36 Å². The van der Waals surface area contributed by atoms with Gasteiger partial charge in [-0.1, -0.05) is 26.0 Å². The van der Waals surface area contributed by atoms with E-state index in [1.807, 2.05) is 13.8 Å². The third kappa shape index (κ3) is 6.28. The molecule has 0 radical (unpaired) electrons. The molecule has 0 aromatic heterocycles. The van der Waals surface area contributed by atoms with Gasteiger partial charge in [0.15, 0.2) is 0 Å². The van der Waals surface area contributed by atoms with Crippen LogP contribution in [0.25, 0.3) is 0 Å². The van der Waals surface area contributed by atoms with E-state index in [4.69, 9.17) is 0 Å². The van der Waals surface area contributed by atoms with E-state index in [0.717, 1.165) is 5.56 Å². The van der Waals surface area contributed by atoms with Crippen molar-refractivity contribution in [3.05, 3.63) is 29.8 Å². The highest BCUT2D eigenvalue weighted by atomic mass is 32.1.